The van der Waals surface area contributed by atoms with Crippen molar-refractivity contribution in [3.8, 4) is 0 Å². The Kier molecular flexibility index (Phi) is 14.5. The second kappa shape index (κ2) is 12.7. The van der Waals surface area contributed by atoms with Crippen molar-refractivity contribution in [2.45, 2.75) is 6.92 Å². The van der Waals surface area contributed by atoms with Crippen molar-refractivity contribution < 1.29 is 9.53 Å². The molecule has 1 aromatic rings. The molecule has 0 atom stereocenters. The van der Waals surface area contributed by atoms with E-state index < -0.39 is 0 Å². The molecule has 0 aliphatic carbocycles. The number of carbonyl (C=O) groups is 1. The molecule has 0 bridgehead atoms. The quantitative estimate of drug-likeness (QED) is 0.733. The molecule has 0 amide bonds. The standard InChI is InChI=1S/C5H5N.C3H6O2.BrH/c1-2-4-6-5-3-1;1-2-5-3-4;/h1-5H;3H,2H2,1H3;1H. The third-order valence-corrected chi connectivity index (χ3v) is 0.801. The maximum absolute atomic E-state index is 9.18. The number of halogens is 1. The lowest BCUT2D eigenvalue weighted by molar-refractivity contribution is -0.128. The molecular weight excluding hydrogens is 222 g/mol. The van der Waals surface area contributed by atoms with Crippen LogP contribution < -0.4 is 0 Å². The highest BCUT2D eigenvalue weighted by Crippen LogP contribution is 1.73. The molecule has 0 spiro atoms. The molecule has 12 heavy (non-hydrogen) atoms. The van der Waals surface area contributed by atoms with Crippen LogP contribution in [0.25, 0.3) is 0 Å². The van der Waals surface area contributed by atoms with Gasteiger partial charge in [0.15, 0.2) is 0 Å². The lowest BCUT2D eigenvalue weighted by Crippen LogP contribution is -1.80. The summed E-state index contributed by atoms with van der Waals surface area (Å²) in [5.41, 5.74) is 0. The summed E-state index contributed by atoms with van der Waals surface area (Å²) in [6.45, 7) is 2.66. The van der Waals surface area contributed by atoms with Gasteiger partial charge in [-0.3, -0.25) is 9.78 Å². The SMILES string of the molecule is Br.CCOC=O.c1ccncc1. The summed E-state index contributed by atoms with van der Waals surface area (Å²) in [6.07, 6.45) is 3.50. The van der Waals surface area contributed by atoms with Gasteiger partial charge in [0.05, 0.1) is 6.61 Å². The lowest BCUT2D eigenvalue weighted by atomic mass is 10.5. The number of aromatic nitrogens is 1. The number of nitrogens with zero attached hydrogens (tertiary/aromatic N) is 1. The molecule has 3 nitrogen and oxygen atoms in total. The van der Waals surface area contributed by atoms with E-state index >= 15 is 0 Å². The normalized spacial score (nSPS) is 6.75. The highest BCUT2D eigenvalue weighted by atomic mass is 79.9. The van der Waals surface area contributed by atoms with E-state index in [1.807, 2.05) is 18.2 Å². The number of ether oxygens (including phenoxy) is 1. The molecule has 0 radical (unpaired) electrons. The van der Waals surface area contributed by atoms with Gasteiger partial charge in [0.25, 0.3) is 6.47 Å². The van der Waals surface area contributed by atoms with Crippen LogP contribution in [0.1, 0.15) is 6.92 Å². The monoisotopic (exact) mass is 233 g/mol. The van der Waals surface area contributed by atoms with E-state index in [1.165, 1.54) is 0 Å². The van der Waals surface area contributed by atoms with E-state index in [1.54, 1.807) is 19.3 Å². The summed E-state index contributed by atoms with van der Waals surface area (Å²) in [6, 6.07) is 5.72. The van der Waals surface area contributed by atoms with Gasteiger partial charge >= 0.3 is 0 Å². The van der Waals surface area contributed by atoms with Gasteiger partial charge in [-0.1, -0.05) is 6.07 Å². The highest BCUT2D eigenvalue weighted by molar-refractivity contribution is 8.93. The van der Waals surface area contributed by atoms with Crippen LogP contribution in [0.5, 0.6) is 0 Å². The summed E-state index contributed by atoms with van der Waals surface area (Å²) < 4.78 is 4.15. The zero-order valence-electron chi connectivity index (χ0n) is 6.84. The minimum Gasteiger partial charge on any atom is -0.468 e. The Hall–Kier alpha value is -0.900. The Bertz CT molecular complexity index is 143. The highest BCUT2D eigenvalue weighted by Gasteiger charge is 1.61. The fourth-order valence-electron chi connectivity index (χ4n) is 0.381. The van der Waals surface area contributed by atoms with Crippen molar-refractivity contribution in [1.29, 1.82) is 0 Å². The third kappa shape index (κ3) is 11.8. The van der Waals surface area contributed by atoms with Gasteiger partial charge in [-0.05, 0) is 19.1 Å². The minimum absolute atomic E-state index is 0. The molecule has 1 aromatic heterocycles. The van der Waals surface area contributed by atoms with Crippen molar-refractivity contribution in [2.75, 3.05) is 6.61 Å². The van der Waals surface area contributed by atoms with Crippen LogP contribution in [0.4, 0.5) is 0 Å². The Morgan fingerprint density at radius 1 is 1.33 bits per heavy atom. The van der Waals surface area contributed by atoms with Gasteiger partial charge in [0.2, 0.25) is 0 Å². The molecule has 1 rings (SSSR count). The Morgan fingerprint density at radius 2 is 1.92 bits per heavy atom. The average molecular weight is 234 g/mol. The van der Waals surface area contributed by atoms with Gasteiger partial charge in [0.1, 0.15) is 0 Å². The maximum Gasteiger partial charge on any atom is 0.293 e. The average Bonchev–Trinajstić information content (AvgIpc) is 2.10. The topological polar surface area (TPSA) is 39.2 Å². The predicted octanol–water partition coefficient (Wildman–Crippen LogP) is 1.84. The first kappa shape index (κ1) is 13.7. The minimum atomic E-state index is 0. The van der Waals surface area contributed by atoms with Gasteiger partial charge < -0.3 is 4.74 Å². The largest absolute Gasteiger partial charge is 0.468 e. The summed E-state index contributed by atoms with van der Waals surface area (Å²) >= 11 is 0. The maximum atomic E-state index is 9.18. The molecule has 0 saturated carbocycles. The zero-order chi connectivity index (χ0) is 8.36. The Balaban J connectivity index is 0. The molecule has 0 aliphatic heterocycles. The van der Waals surface area contributed by atoms with Crippen molar-refractivity contribution in [3.05, 3.63) is 30.6 Å². The fraction of sp³-hybridized carbons (Fsp3) is 0.250. The van der Waals surface area contributed by atoms with Gasteiger partial charge in [-0.25, -0.2) is 0 Å². The fourth-order valence-corrected chi connectivity index (χ4v) is 0.381. The molecule has 68 valence electrons. The van der Waals surface area contributed by atoms with Crippen LogP contribution in [0, 0.1) is 0 Å². The van der Waals surface area contributed by atoms with Crippen LogP contribution in [-0.2, 0) is 9.53 Å². The number of carbonyl (C=O) groups excluding carboxylic acids is 1. The van der Waals surface area contributed by atoms with Crippen molar-refractivity contribution >= 4 is 23.5 Å². The zero-order valence-corrected chi connectivity index (χ0v) is 8.56. The summed E-state index contributed by atoms with van der Waals surface area (Å²) in [7, 11) is 0. The van der Waals surface area contributed by atoms with E-state index in [-0.39, 0.29) is 17.0 Å². The molecule has 0 aromatic carbocycles. The van der Waals surface area contributed by atoms with E-state index in [2.05, 4.69) is 9.72 Å². The Labute approximate surface area is 82.5 Å². The van der Waals surface area contributed by atoms with Crippen molar-refractivity contribution in [1.82, 2.24) is 4.98 Å². The van der Waals surface area contributed by atoms with Crippen LogP contribution in [-0.4, -0.2) is 18.1 Å². The summed E-state index contributed by atoms with van der Waals surface area (Å²) in [4.78, 5) is 13.0. The van der Waals surface area contributed by atoms with E-state index in [4.69, 9.17) is 0 Å². The molecular formula is C8H12BrNO2. The van der Waals surface area contributed by atoms with Crippen molar-refractivity contribution in [3.63, 3.8) is 0 Å². The number of rotatable bonds is 2. The first-order valence-corrected chi connectivity index (χ1v) is 3.32. The molecule has 0 unspecified atom stereocenters. The first-order chi connectivity index (χ1) is 5.41. The van der Waals surface area contributed by atoms with E-state index in [0.717, 1.165) is 0 Å². The van der Waals surface area contributed by atoms with Crippen LogP contribution in [0.3, 0.4) is 0 Å². The van der Waals surface area contributed by atoms with Crippen LogP contribution in [0.15, 0.2) is 30.6 Å². The van der Waals surface area contributed by atoms with Gasteiger partial charge in [-0.2, -0.15) is 0 Å². The second-order valence-corrected chi connectivity index (χ2v) is 1.58. The summed E-state index contributed by atoms with van der Waals surface area (Å²) in [5.74, 6) is 0. The molecule has 0 aliphatic rings. The second-order valence-electron chi connectivity index (χ2n) is 1.58. The molecule has 1 heterocycles. The van der Waals surface area contributed by atoms with Crippen molar-refractivity contribution in [2.24, 2.45) is 0 Å². The number of hydrogen-bond donors (Lipinski definition) is 0. The predicted molar refractivity (Wildman–Crippen MR) is 52.2 cm³/mol. The third-order valence-electron chi connectivity index (χ3n) is 0.801. The number of pyridine rings is 1. The van der Waals surface area contributed by atoms with E-state index in [0.29, 0.717) is 13.1 Å². The molecule has 0 fully saturated rings. The lowest BCUT2D eigenvalue weighted by Gasteiger charge is -1.79. The molecule has 0 saturated heterocycles. The van der Waals surface area contributed by atoms with E-state index in [9.17, 15) is 4.79 Å². The van der Waals surface area contributed by atoms with Crippen LogP contribution >= 0.6 is 17.0 Å². The first-order valence-electron chi connectivity index (χ1n) is 3.32. The molecule has 4 heteroatoms. The van der Waals surface area contributed by atoms with Crippen LogP contribution in [0.2, 0.25) is 0 Å². The smallest absolute Gasteiger partial charge is 0.293 e. The van der Waals surface area contributed by atoms with Gasteiger partial charge in [0, 0.05) is 12.4 Å². The van der Waals surface area contributed by atoms with Gasteiger partial charge in [-0.15, -0.1) is 17.0 Å². The Morgan fingerprint density at radius 3 is 2.00 bits per heavy atom. The number of hydrogen-bond acceptors (Lipinski definition) is 3. The molecule has 0 N–H and O–H groups in total. The summed E-state index contributed by atoms with van der Waals surface area (Å²) in [5, 5.41) is 0.